The van der Waals surface area contributed by atoms with Gasteiger partial charge in [-0.3, -0.25) is 4.90 Å². The third kappa shape index (κ3) is 6.97. The van der Waals surface area contributed by atoms with E-state index < -0.39 is 0 Å². The van der Waals surface area contributed by atoms with E-state index in [1.165, 1.54) is 63.0 Å². The molecule has 0 radical (unpaired) electrons. The van der Waals surface area contributed by atoms with Crippen molar-refractivity contribution < 1.29 is 4.74 Å². The van der Waals surface area contributed by atoms with Crippen LogP contribution >= 0.6 is 11.6 Å². The van der Waals surface area contributed by atoms with Crippen molar-refractivity contribution in [2.45, 2.75) is 19.3 Å². The summed E-state index contributed by atoms with van der Waals surface area (Å²) in [6.45, 7) is 9.17. The Kier molecular flexibility index (Phi) is 8.68. The first-order valence-corrected chi connectivity index (χ1v) is 12.6. The average Bonchev–Trinajstić information content (AvgIpc) is 3.24. The standard InChI is InChI=1S/C27H37ClN4O/c1-29(2)15-16-31-19-17-30(18-20-31)13-4-3-5-21-33-26-10-11-27-23(22-26)12-14-32(27)25-8-6-24(28)7-9-25/h6-12,14,22H,3-5,13,15-21H2,1-2H3. The van der Waals surface area contributed by atoms with Crippen molar-refractivity contribution >= 4 is 22.5 Å². The fourth-order valence-electron chi connectivity index (χ4n) is 4.42. The molecule has 33 heavy (non-hydrogen) atoms. The zero-order chi connectivity index (χ0) is 23.0. The maximum absolute atomic E-state index is 6.05. The molecule has 0 unspecified atom stereocenters. The topological polar surface area (TPSA) is 23.9 Å². The van der Waals surface area contributed by atoms with Gasteiger partial charge in [-0.2, -0.15) is 0 Å². The van der Waals surface area contributed by atoms with Gasteiger partial charge in [0.2, 0.25) is 0 Å². The lowest BCUT2D eigenvalue weighted by Gasteiger charge is -2.35. The van der Waals surface area contributed by atoms with Gasteiger partial charge in [-0.15, -0.1) is 0 Å². The van der Waals surface area contributed by atoms with Gasteiger partial charge in [0, 0.05) is 61.6 Å². The van der Waals surface area contributed by atoms with Crippen LogP contribution in [-0.2, 0) is 0 Å². The third-order valence-electron chi connectivity index (χ3n) is 6.48. The molecule has 3 aromatic rings. The van der Waals surface area contributed by atoms with E-state index in [2.05, 4.69) is 63.8 Å². The highest BCUT2D eigenvalue weighted by atomic mass is 35.5. The molecule has 2 heterocycles. The lowest BCUT2D eigenvalue weighted by Crippen LogP contribution is -2.48. The number of aromatic nitrogens is 1. The van der Waals surface area contributed by atoms with Crippen molar-refractivity contribution in [1.82, 2.24) is 19.3 Å². The molecule has 0 saturated carbocycles. The smallest absolute Gasteiger partial charge is 0.120 e. The summed E-state index contributed by atoms with van der Waals surface area (Å²) in [5.41, 5.74) is 2.28. The molecule has 0 amide bonds. The quantitative estimate of drug-likeness (QED) is 0.369. The third-order valence-corrected chi connectivity index (χ3v) is 6.73. The van der Waals surface area contributed by atoms with Crippen LogP contribution in [0.25, 0.3) is 16.6 Å². The molecule has 1 fully saturated rings. The summed E-state index contributed by atoms with van der Waals surface area (Å²) in [6, 6.07) is 16.4. The molecule has 178 valence electrons. The van der Waals surface area contributed by atoms with Gasteiger partial charge in [0.25, 0.3) is 0 Å². The number of hydrogen-bond donors (Lipinski definition) is 0. The van der Waals surface area contributed by atoms with E-state index in [1.807, 2.05) is 24.3 Å². The van der Waals surface area contributed by atoms with Crippen LogP contribution in [0.15, 0.2) is 54.7 Å². The molecule has 0 aliphatic carbocycles. The molecule has 5 nitrogen and oxygen atoms in total. The molecule has 1 aliphatic heterocycles. The van der Waals surface area contributed by atoms with Gasteiger partial charge < -0.3 is 19.1 Å². The van der Waals surface area contributed by atoms with Crippen LogP contribution in [0.5, 0.6) is 5.75 Å². The average molecular weight is 469 g/mol. The van der Waals surface area contributed by atoms with Gasteiger partial charge in [-0.1, -0.05) is 11.6 Å². The van der Waals surface area contributed by atoms with E-state index >= 15 is 0 Å². The number of ether oxygens (including phenoxy) is 1. The molecule has 0 bridgehead atoms. The molecule has 1 saturated heterocycles. The van der Waals surface area contributed by atoms with Gasteiger partial charge in [-0.25, -0.2) is 0 Å². The fourth-order valence-corrected chi connectivity index (χ4v) is 4.55. The number of piperazine rings is 1. The van der Waals surface area contributed by atoms with Crippen LogP contribution in [0.4, 0.5) is 0 Å². The Labute approximate surface area is 203 Å². The number of likely N-dealkylation sites (N-methyl/N-ethyl adjacent to an activating group) is 1. The highest BCUT2D eigenvalue weighted by molar-refractivity contribution is 6.30. The van der Waals surface area contributed by atoms with Gasteiger partial charge >= 0.3 is 0 Å². The van der Waals surface area contributed by atoms with E-state index in [4.69, 9.17) is 16.3 Å². The minimum Gasteiger partial charge on any atom is -0.494 e. The lowest BCUT2D eigenvalue weighted by atomic mass is 10.2. The summed E-state index contributed by atoms with van der Waals surface area (Å²) < 4.78 is 8.22. The lowest BCUT2D eigenvalue weighted by molar-refractivity contribution is 0.123. The number of rotatable bonds is 11. The van der Waals surface area contributed by atoms with E-state index in [0.717, 1.165) is 36.0 Å². The van der Waals surface area contributed by atoms with Crippen molar-refractivity contribution in [1.29, 1.82) is 0 Å². The molecule has 1 aromatic heterocycles. The summed E-state index contributed by atoms with van der Waals surface area (Å²) >= 11 is 6.02. The fraction of sp³-hybridized carbons (Fsp3) is 0.481. The van der Waals surface area contributed by atoms with Gasteiger partial charge in [0.1, 0.15) is 5.75 Å². The maximum Gasteiger partial charge on any atom is 0.120 e. The Balaban J connectivity index is 1.14. The van der Waals surface area contributed by atoms with Gasteiger partial charge in [0.15, 0.2) is 0 Å². The number of fused-ring (bicyclic) bond motifs is 1. The van der Waals surface area contributed by atoms with Crippen molar-refractivity contribution in [2.75, 3.05) is 66.5 Å². The summed E-state index contributed by atoms with van der Waals surface area (Å²) in [7, 11) is 4.30. The highest BCUT2D eigenvalue weighted by Gasteiger charge is 2.16. The van der Waals surface area contributed by atoms with E-state index in [0.29, 0.717) is 0 Å². The largest absolute Gasteiger partial charge is 0.494 e. The van der Waals surface area contributed by atoms with E-state index in [-0.39, 0.29) is 0 Å². The Bertz CT molecular complexity index is 993. The normalized spacial score (nSPS) is 15.5. The number of unbranched alkanes of at least 4 members (excludes halogenated alkanes) is 2. The van der Waals surface area contributed by atoms with Crippen LogP contribution in [0.3, 0.4) is 0 Å². The Morgan fingerprint density at radius 3 is 2.30 bits per heavy atom. The van der Waals surface area contributed by atoms with Crippen molar-refractivity contribution in [3.05, 3.63) is 59.8 Å². The van der Waals surface area contributed by atoms with Crippen molar-refractivity contribution in [2.24, 2.45) is 0 Å². The molecule has 0 spiro atoms. The Morgan fingerprint density at radius 1 is 0.848 bits per heavy atom. The van der Waals surface area contributed by atoms with Crippen LogP contribution < -0.4 is 4.74 Å². The van der Waals surface area contributed by atoms with E-state index in [1.54, 1.807) is 0 Å². The van der Waals surface area contributed by atoms with Crippen molar-refractivity contribution in [3.8, 4) is 11.4 Å². The summed E-state index contributed by atoms with van der Waals surface area (Å²) in [6.07, 6.45) is 5.67. The molecule has 2 aromatic carbocycles. The maximum atomic E-state index is 6.05. The molecular weight excluding hydrogens is 432 g/mol. The zero-order valence-corrected chi connectivity index (χ0v) is 20.8. The minimum atomic E-state index is 0.754. The first kappa shape index (κ1) is 24.1. The SMILES string of the molecule is CN(C)CCN1CCN(CCCCCOc2ccc3c(ccn3-c3ccc(Cl)cc3)c2)CC1. The van der Waals surface area contributed by atoms with E-state index in [9.17, 15) is 0 Å². The predicted octanol–water partition coefficient (Wildman–Crippen LogP) is 5.01. The van der Waals surface area contributed by atoms with Gasteiger partial charge in [-0.05, 0) is 88.4 Å². The number of benzene rings is 2. The second-order valence-corrected chi connectivity index (χ2v) is 9.71. The van der Waals surface area contributed by atoms with Gasteiger partial charge in [0.05, 0.1) is 12.1 Å². The number of nitrogens with zero attached hydrogens (tertiary/aromatic N) is 4. The Hall–Kier alpha value is -2.05. The van der Waals surface area contributed by atoms with Crippen LogP contribution in [0, 0.1) is 0 Å². The number of hydrogen-bond acceptors (Lipinski definition) is 4. The molecule has 0 N–H and O–H groups in total. The second-order valence-electron chi connectivity index (χ2n) is 9.28. The molecule has 1 aliphatic rings. The van der Waals surface area contributed by atoms with Crippen LogP contribution in [0.1, 0.15) is 19.3 Å². The molecular formula is C27H37ClN4O. The second kappa shape index (κ2) is 11.9. The van der Waals surface area contributed by atoms with Crippen LogP contribution in [0.2, 0.25) is 5.02 Å². The van der Waals surface area contributed by atoms with Crippen LogP contribution in [-0.4, -0.2) is 85.8 Å². The summed E-state index contributed by atoms with van der Waals surface area (Å²) in [5, 5.41) is 1.94. The molecule has 4 rings (SSSR count). The first-order chi connectivity index (χ1) is 16.1. The zero-order valence-electron chi connectivity index (χ0n) is 20.0. The van der Waals surface area contributed by atoms with Crippen molar-refractivity contribution in [3.63, 3.8) is 0 Å². The highest BCUT2D eigenvalue weighted by Crippen LogP contribution is 2.25. The Morgan fingerprint density at radius 2 is 1.58 bits per heavy atom. The predicted molar refractivity (Wildman–Crippen MR) is 139 cm³/mol. The monoisotopic (exact) mass is 468 g/mol. The molecule has 0 atom stereocenters. The summed E-state index contributed by atoms with van der Waals surface area (Å²) in [4.78, 5) is 7.47. The molecule has 6 heteroatoms. The minimum absolute atomic E-state index is 0.754. The first-order valence-electron chi connectivity index (χ1n) is 12.2. The summed E-state index contributed by atoms with van der Waals surface area (Å²) in [5.74, 6) is 0.949. The number of halogens is 1.